The maximum absolute atomic E-state index is 11.1. The van der Waals surface area contributed by atoms with Crippen LogP contribution in [0.1, 0.15) is 27.7 Å². The molecule has 0 amide bonds. The second-order valence-corrected chi connectivity index (χ2v) is 5.00. The Kier molecular flexibility index (Phi) is 4.86. The first-order valence-corrected chi connectivity index (χ1v) is 5.13. The fourth-order valence-corrected chi connectivity index (χ4v) is 1.12. The number of nitrogens with zero attached hydrogens (tertiary/aromatic N) is 1. The summed E-state index contributed by atoms with van der Waals surface area (Å²) in [5.74, 6) is -0.0222. The van der Waals surface area contributed by atoms with Crippen LogP contribution < -0.4 is 0 Å². The Bertz CT molecular complexity index is 215. The molecule has 74 valence electrons. The summed E-state index contributed by atoms with van der Waals surface area (Å²) >= 11 is 1.29. The lowest BCUT2D eigenvalue weighted by molar-refractivity contribution is -0.151. The van der Waals surface area contributed by atoms with E-state index in [0.717, 1.165) is 0 Å². The molecule has 0 aliphatic heterocycles. The molecule has 0 aromatic carbocycles. The van der Waals surface area contributed by atoms with Gasteiger partial charge in [-0.15, -0.1) is 11.8 Å². The van der Waals surface area contributed by atoms with E-state index in [-0.39, 0.29) is 17.0 Å². The molecular formula is C9H15NO2S. The fourth-order valence-electron chi connectivity index (χ4n) is 0.601. The lowest BCUT2D eigenvalue weighted by atomic mass is 10.2. The van der Waals surface area contributed by atoms with Crippen LogP contribution in [0, 0.1) is 11.3 Å². The fraction of sp³-hybridized carbons (Fsp3) is 0.778. The first-order valence-electron chi connectivity index (χ1n) is 4.08. The minimum atomic E-state index is -0.437. The molecule has 1 unspecified atom stereocenters. The topological polar surface area (TPSA) is 50.1 Å². The number of carbonyl (C=O) groups is 1. The van der Waals surface area contributed by atoms with Crippen molar-refractivity contribution in [3.63, 3.8) is 0 Å². The number of nitriles is 1. The Labute approximate surface area is 83.4 Å². The molecule has 0 N–H and O–H groups in total. The third kappa shape index (κ3) is 7.66. The Morgan fingerprint density at radius 2 is 2.15 bits per heavy atom. The highest BCUT2D eigenvalue weighted by molar-refractivity contribution is 8.00. The number of ether oxygens (including phenoxy) is 1. The Morgan fingerprint density at radius 3 is 2.54 bits per heavy atom. The van der Waals surface area contributed by atoms with Gasteiger partial charge in [0.15, 0.2) is 0 Å². The predicted octanol–water partition coefficient (Wildman–Crippen LogP) is 1.97. The first kappa shape index (κ1) is 12.3. The highest BCUT2D eigenvalue weighted by atomic mass is 32.2. The van der Waals surface area contributed by atoms with Gasteiger partial charge in [-0.25, -0.2) is 0 Å². The second kappa shape index (κ2) is 5.13. The molecular weight excluding hydrogens is 186 g/mol. The highest BCUT2D eigenvalue weighted by Gasteiger charge is 2.16. The summed E-state index contributed by atoms with van der Waals surface area (Å²) in [5.41, 5.74) is -0.437. The van der Waals surface area contributed by atoms with Gasteiger partial charge < -0.3 is 4.74 Å². The van der Waals surface area contributed by atoms with Crippen molar-refractivity contribution in [3.05, 3.63) is 0 Å². The molecule has 0 spiro atoms. The van der Waals surface area contributed by atoms with E-state index in [1.807, 2.05) is 26.8 Å². The molecule has 0 radical (unpaired) electrons. The van der Waals surface area contributed by atoms with Gasteiger partial charge in [-0.3, -0.25) is 4.79 Å². The van der Waals surface area contributed by atoms with E-state index in [1.165, 1.54) is 11.8 Å². The minimum absolute atomic E-state index is 0.160. The van der Waals surface area contributed by atoms with E-state index in [4.69, 9.17) is 10.00 Å². The van der Waals surface area contributed by atoms with Gasteiger partial charge in [0.1, 0.15) is 5.60 Å². The Balaban J connectivity index is 3.72. The summed E-state index contributed by atoms with van der Waals surface area (Å²) in [7, 11) is 0. The summed E-state index contributed by atoms with van der Waals surface area (Å²) in [6, 6.07) is 2.04. The number of thioether (sulfide) groups is 1. The lowest BCUT2D eigenvalue weighted by Gasteiger charge is -2.19. The summed E-state index contributed by atoms with van der Waals surface area (Å²) in [4.78, 5) is 11.1. The van der Waals surface area contributed by atoms with Crippen molar-refractivity contribution in [2.75, 3.05) is 5.75 Å². The van der Waals surface area contributed by atoms with Crippen molar-refractivity contribution < 1.29 is 9.53 Å². The molecule has 0 bridgehead atoms. The number of rotatable bonds is 3. The molecule has 4 heteroatoms. The number of hydrogen-bond donors (Lipinski definition) is 0. The van der Waals surface area contributed by atoms with Crippen molar-refractivity contribution in [1.29, 1.82) is 5.26 Å². The van der Waals surface area contributed by atoms with Gasteiger partial charge in [0.25, 0.3) is 0 Å². The quantitative estimate of drug-likeness (QED) is 0.655. The van der Waals surface area contributed by atoms with Crippen molar-refractivity contribution in [2.45, 2.75) is 38.5 Å². The van der Waals surface area contributed by atoms with Crippen LogP contribution >= 0.6 is 11.8 Å². The minimum Gasteiger partial charge on any atom is -0.459 e. The summed E-state index contributed by atoms with van der Waals surface area (Å²) < 4.78 is 5.06. The van der Waals surface area contributed by atoms with Gasteiger partial charge in [-0.05, 0) is 27.7 Å². The van der Waals surface area contributed by atoms with Gasteiger partial charge in [-0.2, -0.15) is 5.26 Å². The molecule has 0 heterocycles. The van der Waals surface area contributed by atoms with Crippen LogP contribution in [0.15, 0.2) is 0 Å². The SMILES string of the molecule is CC(C#N)SCC(=O)OC(C)(C)C. The molecule has 0 aromatic heterocycles. The number of esters is 1. The molecule has 3 nitrogen and oxygen atoms in total. The standard InChI is InChI=1S/C9H15NO2S/c1-7(5-10)13-6-8(11)12-9(2,3)4/h7H,6H2,1-4H3. The number of carbonyl (C=O) groups excluding carboxylic acids is 1. The van der Waals surface area contributed by atoms with Gasteiger partial charge in [0, 0.05) is 0 Å². The van der Waals surface area contributed by atoms with Crippen LogP contribution in [-0.2, 0) is 9.53 Å². The average Bonchev–Trinajstić information content (AvgIpc) is 1.97. The third-order valence-corrected chi connectivity index (χ3v) is 2.06. The van der Waals surface area contributed by atoms with Gasteiger partial charge >= 0.3 is 5.97 Å². The second-order valence-electron chi connectivity index (χ2n) is 3.67. The van der Waals surface area contributed by atoms with Gasteiger partial charge in [-0.1, -0.05) is 0 Å². The molecule has 13 heavy (non-hydrogen) atoms. The highest BCUT2D eigenvalue weighted by Crippen LogP contribution is 2.13. The van der Waals surface area contributed by atoms with Crippen molar-refractivity contribution in [3.8, 4) is 6.07 Å². The van der Waals surface area contributed by atoms with E-state index < -0.39 is 5.60 Å². The van der Waals surface area contributed by atoms with Crippen LogP contribution in [-0.4, -0.2) is 22.6 Å². The molecule has 1 atom stereocenters. The van der Waals surface area contributed by atoms with E-state index in [1.54, 1.807) is 6.92 Å². The third-order valence-electron chi connectivity index (χ3n) is 1.05. The zero-order valence-electron chi connectivity index (χ0n) is 8.46. The van der Waals surface area contributed by atoms with Gasteiger partial charge in [0.2, 0.25) is 0 Å². The van der Waals surface area contributed by atoms with Crippen LogP contribution in [0.25, 0.3) is 0 Å². The van der Waals surface area contributed by atoms with Crippen LogP contribution in [0.2, 0.25) is 0 Å². The van der Waals surface area contributed by atoms with Crippen LogP contribution in [0.3, 0.4) is 0 Å². The lowest BCUT2D eigenvalue weighted by Crippen LogP contribution is -2.25. The maximum atomic E-state index is 11.1. The van der Waals surface area contributed by atoms with Crippen LogP contribution in [0.4, 0.5) is 0 Å². The summed E-state index contributed by atoms with van der Waals surface area (Å²) in [6.45, 7) is 7.23. The summed E-state index contributed by atoms with van der Waals surface area (Å²) in [5, 5.41) is 8.30. The van der Waals surface area contributed by atoms with Crippen molar-refractivity contribution in [1.82, 2.24) is 0 Å². The van der Waals surface area contributed by atoms with E-state index in [2.05, 4.69) is 0 Å². The average molecular weight is 201 g/mol. The first-order chi connectivity index (χ1) is 5.85. The molecule has 0 aromatic rings. The molecule has 0 aliphatic carbocycles. The smallest absolute Gasteiger partial charge is 0.316 e. The number of hydrogen-bond acceptors (Lipinski definition) is 4. The molecule has 0 rings (SSSR count). The predicted molar refractivity (Wildman–Crippen MR) is 53.4 cm³/mol. The Hall–Kier alpha value is -0.690. The van der Waals surface area contributed by atoms with Crippen molar-refractivity contribution in [2.24, 2.45) is 0 Å². The van der Waals surface area contributed by atoms with E-state index in [0.29, 0.717) is 0 Å². The monoisotopic (exact) mass is 201 g/mol. The van der Waals surface area contributed by atoms with Crippen LogP contribution in [0.5, 0.6) is 0 Å². The van der Waals surface area contributed by atoms with Crippen molar-refractivity contribution >= 4 is 17.7 Å². The summed E-state index contributed by atoms with van der Waals surface area (Å²) in [6.07, 6.45) is 0. The zero-order valence-corrected chi connectivity index (χ0v) is 9.27. The zero-order chi connectivity index (χ0) is 10.5. The normalized spacial score (nSPS) is 13.2. The maximum Gasteiger partial charge on any atom is 0.316 e. The van der Waals surface area contributed by atoms with E-state index >= 15 is 0 Å². The molecule has 0 saturated heterocycles. The molecule has 0 aliphatic rings. The van der Waals surface area contributed by atoms with Gasteiger partial charge in [0.05, 0.1) is 17.1 Å². The molecule has 0 fully saturated rings. The van der Waals surface area contributed by atoms with E-state index in [9.17, 15) is 4.79 Å². The molecule has 0 saturated carbocycles. The Morgan fingerprint density at radius 1 is 1.62 bits per heavy atom. The largest absolute Gasteiger partial charge is 0.459 e.